The van der Waals surface area contributed by atoms with Crippen molar-refractivity contribution < 1.29 is 18.3 Å². The number of hydrogen-bond acceptors (Lipinski definition) is 4. The molecule has 8 heteroatoms. The molecule has 1 N–H and O–H groups in total. The zero-order valence-corrected chi connectivity index (χ0v) is 9.04. The van der Waals surface area contributed by atoms with Crippen LogP contribution in [0.2, 0.25) is 0 Å². The highest BCUT2D eigenvalue weighted by atomic mass is 19.3. The number of nitrogens with zero attached hydrogens (tertiary/aromatic N) is 4. The summed E-state index contributed by atoms with van der Waals surface area (Å²) in [5, 5.41) is 20.0. The molecule has 1 unspecified atom stereocenters. The van der Waals surface area contributed by atoms with E-state index in [4.69, 9.17) is 0 Å². The van der Waals surface area contributed by atoms with Gasteiger partial charge in [0.1, 0.15) is 12.1 Å². The number of hydrogen-bond donors (Lipinski definition) is 1. The monoisotopic (exact) mass is 258 g/mol. The molecule has 0 aliphatic rings. The Labute approximate surface area is 99.9 Å². The highest BCUT2D eigenvalue weighted by Crippen LogP contribution is 2.30. The Hall–Kier alpha value is -1.96. The fourth-order valence-corrected chi connectivity index (χ4v) is 1.52. The first-order chi connectivity index (χ1) is 8.52. The summed E-state index contributed by atoms with van der Waals surface area (Å²) in [5.74, 6) is -0.571. The van der Waals surface area contributed by atoms with Gasteiger partial charge in [0.05, 0.1) is 6.54 Å². The summed E-state index contributed by atoms with van der Waals surface area (Å²) in [4.78, 5) is 0. The van der Waals surface area contributed by atoms with E-state index in [0.717, 1.165) is 35.3 Å². The van der Waals surface area contributed by atoms with Crippen LogP contribution in [0.4, 0.5) is 13.2 Å². The quantitative estimate of drug-likeness (QED) is 0.887. The van der Waals surface area contributed by atoms with Gasteiger partial charge < -0.3 is 5.11 Å². The first-order valence-electron chi connectivity index (χ1n) is 5.00. The van der Waals surface area contributed by atoms with Crippen molar-refractivity contribution in [1.82, 2.24) is 20.2 Å². The Kier molecular flexibility index (Phi) is 3.28. The molecular formula is C10H9F3N4O. The maximum Gasteiger partial charge on any atom is 0.272 e. The number of rotatable bonds is 4. The molecule has 1 heterocycles. The number of halogens is 3. The lowest BCUT2D eigenvalue weighted by Crippen LogP contribution is -2.39. The molecule has 0 spiro atoms. The van der Waals surface area contributed by atoms with Crippen molar-refractivity contribution >= 4 is 0 Å². The molecule has 0 amide bonds. The molecule has 1 aromatic heterocycles. The molecule has 0 fully saturated rings. The van der Waals surface area contributed by atoms with E-state index >= 15 is 0 Å². The standard InChI is InChI=1S/C10H9F3N4O/c11-8-3-1-7(2-4-8)10(18,9(12)13)5-17-6-14-15-16-17/h1-4,6,9,18H,5H2. The summed E-state index contributed by atoms with van der Waals surface area (Å²) in [6.07, 6.45) is -1.95. The van der Waals surface area contributed by atoms with Gasteiger partial charge in [-0.15, -0.1) is 5.10 Å². The highest BCUT2D eigenvalue weighted by Gasteiger charge is 2.40. The Morgan fingerprint density at radius 1 is 1.28 bits per heavy atom. The molecule has 2 rings (SSSR count). The lowest BCUT2D eigenvalue weighted by Gasteiger charge is -2.27. The largest absolute Gasteiger partial charge is 0.377 e. The lowest BCUT2D eigenvalue weighted by atomic mass is 9.94. The van der Waals surface area contributed by atoms with Gasteiger partial charge in [-0.3, -0.25) is 0 Å². The minimum Gasteiger partial charge on any atom is -0.377 e. The van der Waals surface area contributed by atoms with Gasteiger partial charge in [-0.05, 0) is 28.1 Å². The molecule has 0 aliphatic heterocycles. The van der Waals surface area contributed by atoms with E-state index in [0.29, 0.717) is 0 Å². The SMILES string of the molecule is OC(Cn1cnnn1)(c1ccc(F)cc1)C(F)F. The Morgan fingerprint density at radius 3 is 2.44 bits per heavy atom. The average molecular weight is 258 g/mol. The zero-order valence-electron chi connectivity index (χ0n) is 9.04. The van der Waals surface area contributed by atoms with Crippen LogP contribution in [-0.2, 0) is 12.1 Å². The minimum atomic E-state index is -3.06. The van der Waals surface area contributed by atoms with E-state index in [-0.39, 0.29) is 5.56 Å². The number of aliphatic hydroxyl groups is 1. The van der Waals surface area contributed by atoms with Gasteiger partial charge in [-0.25, -0.2) is 17.9 Å². The molecule has 18 heavy (non-hydrogen) atoms. The van der Waals surface area contributed by atoms with E-state index in [1.54, 1.807) is 0 Å². The molecule has 0 aliphatic carbocycles. The fourth-order valence-electron chi connectivity index (χ4n) is 1.52. The second-order valence-corrected chi connectivity index (χ2v) is 3.74. The molecular weight excluding hydrogens is 249 g/mol. The van der Waals surface area contributed by atoms with E-state index in [9.17, 15) is 18.3 Å². The van der Waals surface area contributed by atoms with Crippen molar-refractivity contribution in [3.63, 3.8) is 0 Å². The molecule has 0 radical (unpaired) electrons. The average Bonchev–Trinajstić information content (AvgIpc) is 2.82. The van der Waals surface area contributed by atoms with Crippen LogP contribution in [0.3, 0.4) is 0 Å². The third kappa shape index (κ3) is 2.33. The van der Waals surface area contributed by atoms with Gasteiger partial charge in [-0.1, -0.05) is 12.1 Å². The zero-order chi connectivity index (χ0) is 13.2. The van der Waals surface area contributed by atoms with Crippen molar-refractivity contribution in [3.05, 3.63) is 42.0 Å². The number of alkyl halides is 2. The van der Waals surface area contributed by atoms with Gasteiger partial charge in [0.2, 0.25) is 0 Å². The third-order valence-electron chi connectivity index (χ3n) is 2.50. The fraction of sp³-hybridized carbons (Fsp3) is 0.300. The maximum atomic E-state index is 13.0. The number of aromatic nitrogens is 4. The summed E-state index contributed by atoms with van der Waals surface area (Å²) in [6.45, 7) is -0.525. The van der Waals surface area contributed by atoms with E-state index in [1.807, 2.05) is 0 Å². The predicted octanol–water partition coefficient (Wildman–Crippen LogP) is 0.965. The Balaban J connectivity index is 2.34. The highest BCUT2D eigenvalue weighted by molar-refractivity contribution is 5.23. The van der Waals surface area contributed by atoms with E-state index in [2.05, 4.69) is 15.5 Å². The Bertz CT molecular complexity index is 502. The van der Waals surface area contributed by atoms with Crippen LogP contribution in [-0.4, -0.2) is 31.7 Å². The summed E-state index contributed by atoms with van der Waals surface area (Å²) in [5.41, 5.74) is -2.57. The molecule has 5 nitrogen and oxygen atoms in total. The molecule has 0 bridgehead atoms. The van der Waals surface area contributed by atoms with Crippen LogP contribution >= 0.6 is 0 Å². The topological polar surface area (TPSA) is 63.8 Å². The second-order valence-electron chi connectivity index (χ2n) is 3.74. The van der Waals surface area contributed by atoms with Crippen LogP contribution in [0.15, 0.2) is 30.6 Å². The van der Waals surface area contributed by atoms with Crippen LogP contribution in [0, 0.1) is 5.82 Å². The van der Waals surface area contributed by atoms with Crippen molar-refractivity contribution in [2.75, 3.05) is 0 Å². The summed E-state index contributed by atoms with van der Waals surface area (Å²) >= 11 is 0. The third-order valence-corrected chi connectivity index (χ3v) is 2.50. The Morgan fingerprint density at radius 2 is 1.94 bits per heavy atom. The van der Waals surface area contributed by atoms with Gasteiger partial charge in [0.25, 0.3) is 6.43 Å². The van der Waals surface area contributed by atoms with Crippen molar-refractivity contribution in [3.8, 4) is 0 Å². The smallest absolute Gasteiger partial charge is 0.272 e. The van der Waals surface area contributed by atoms with Crippen LogP contribution < -0.4 is 0 Å². The minimum absolute atomic E-state index is 0.102. The number of tetrazole rings is 1. The summed E-state index contributed by atoms with van der Waals surface area (Å²) in [7, 11) is 0. The van der Waals surface area contributed by atoms with Crippen LogP contribution in [0.25, 0.3) is 0 Å². The molecule has 1 atom stereocenters. The summed E-state index contributed by atoms with van der Waals surface area (Å²) in [6, 6.07) is 4.21. The van der Waals surface area contributed by atoms with Crippen molar-refractivity contribution in [2.24, 2.45) is 0 Å². The van der Waals surface area contributed by atoms with Crippen molar-refractivity contribution in [2.45, 2.75) is 18.6 Å². The molecule has 2 aromatic rings. The number of benzene rings is 1. The maximum absolute atomic E-state index is 13.0. The normalized spacial score (nSPS) is 14.7. The molecule has 1 aromatic carbocycles. The first-order valence-corrected chi connectivity index (χ1v) is 5.00. The van der Waals surface area contributed by atoms with Gasteiger partial charge in [-0.2, -0.15) is 0 Å². The molecule has 0 saturated carbocycles. The van der Waals surface area contributed by atoms with Gasteiger partial charge in [0.15, 0.2) is 5.60 Å². The first kappa shape index (κ1) is 12.5. The lowest BCUT2D eigenvalue weighted by molar-refractivity contribution is -0.114. The van der Waals surface area contributed by atoms with Gasteiger partial charge in [0, 0.05) is 0 Å². The summed E-state index contributed by atoms with van der Waals surface area (Å²) < 4.78 is 39.8. The van der Waals surface area contributed by atoms with Crippen LogP contribution in [0.5, 0.6) is 0 Å². The van der Waals surface area contributed by atoms with Crippen molar-refractivity contribution in [1.29, 1.82) is 0 Å². The van der Waals surface area contributed by atoms with Crippen LogP contribution in [0.1, 0.15) is 5.56 Å². The van der Waals surface area contributed by atoms with E-state index < -0.39 is 24.4 Å². The predicted molar refractivity (Wildman–Crippen MR) is 54.1 cm³/mol. The van der Waals surface area contributed by atoms with E-state index in [1.165, 1.54) is 0 Å². The molecule has 0 saturated heterocycles. The molecule has 96 valence electrons. The second kappa shape index (κ2) is 4.73. The van der Waals surface area contributed by atoms with Gasteiger partial charge >= 0.3 is 0 Å².